The molecule has 0 saturated heterocycles. The highest BCUT2D eigenvalue weighted by Crippen LogP contribution is 2.09. The van der Waals surface area contributed by atoms with Gasteiger partial charge in [-0.1, -0.05) is 0 Å². The van der Waals surface area contributed by atoms with Crippen LogP contribution in [0.4, 0.5) is 11.6 Å². The van der Waals surface area contributed by atoms with Gasteiger partial charge in [0, 0.05) is 32.1 Å². The predicted molar refractivity (Wildman–Crippen MR) is 74.7 cm³/mol. The Labute approximate surface area is 111 Å². The van der Waals surface area contributed by atoms with Gasteiger partial charge in [-0.05, 0) is 12.2 Å². The van der Waals surface area contributed by atoms with Crippen molar-refractivity contribution in [1.82, 2.24) is 9.97 Å². The first kappa shape index (κ1) is 15.0. The van der Waals surface area contributed by atoms with Crippen LogP contribution in [-0.2, 0) is 11.3 Å². The van der Waals surface area contributed by atoms with Crippen LogP contribution in [0.3, 0.4) is 0 Å². The van der Waals surface area contributed by atoms with E-state index in [2.05, 4.69) is 15.3 Å². The standard InChI is InChI=1S/C11H20N4O2S/c1-17-8-11-14-9(12)7-10(15-11)13-3-6-18-5-2-4-16/h7,16H,2-6,8H2,1H3,(H3,12,13,14,15). The number of rotatable bonds is 9. The number of aromatic nitrogens is 2. The summed E-state index contributed by atoms with van der Waals surface area (Å²) in [6.07, 6.45) is 0.836. The molecule has 0 bridgehead atoms. The van der Waals surface area contributed by atoms with E-state index in [0.717, 1.165) is 30.3 Å². The summed E-state index contributed by atoms with van der Waals surface area (Å²) in [6.45, 7) is 1.41. The Hall–Kier alpha value is -1.05. The molecule has 0 radical (unpaired) electrons. The molecule has 0 spiro atoms. The number of ether oxygens (including phenoxy) is 1. The highest BCUT2D eigenvalue weighted by molar-refractivity contribution is 7.99. The van der Waals surface area contributed by atoms with E-state index in [-0.39, 0.29) is 6.61 Å². The number of nitrogen functional groups attached to an aromatic ring is 1. The molecule has 4 N–H and O–H groups in total. The van der Waals surface area contributed by atoms with Gasteiger partial charge >= 0.3 is 0 Å². The summed E-state index contributed by atoms with van der Waals surface area (Å²) in [4.78, 5) is 8.34. The molecule has 0 aliphatic rings. The molecule has 0 aromatic carbocycles. The van der Waals surface area contributed by atoms with Crippen molar-refractivity contribution in [3.63, 3.8) is 0 Å². The lowest BCUT2D eigenvalue weighted by Gasteiger charge is -2.07. The molecule has 6 nitrogen and oxygen atoms in total. The first-order valence-corrected chi connectivity index (χ1v) is 6.96. The van der Waals surface area contributed by atoms with Crippen LogP contribution in [0.5, 0.6) is 0 Å². The van der Waals surface area contributed by atoms with E-state index in [4.69, 9.17) is 15.6 Å². The maximum atomic E-state index is 8.64. The third-order valence-corrected chi connectivity index (χ3v) is 3.14. The Balaban J connectivity index is 2.32. The van der Waals surface area contributed by atoms with Crippen LogP contribution < -0.4 is 11.1 Å². The zero-order valence-electron chi connectivity index (χ0n) is 10.6. The lowest BCUT2D eigenvalue weighted by molar-refractivity contribution is 0.178. The maximum Gasteiger partial charge on any atom is 0.158 e. The van der Waals surface area contributed by atoms with Gasteiger partial charge in [0.2, 0.25) is 0 Å². The van der Waals surface area contributed by atoms with Crippen molar-refractivity contribution in [2.75, 3.05) is 42.8 Å². The minimum Gasteiger partial charge on any atom is -0.396 e. The molecular weight excluding hydrogens is 252 g/mol. The Morgan fingerprint density at radius 2 is 2.28 bits per heavy atom. The third-order valence-electron chi connectivity index (χ3n) is 2.07. The second kappa shape index (κ2) is 8.96. The summed E-state index contributed by atoms with van der Waals surface area (Å²) < 4.78 is 4.97. The van der Waals surface area contributed by atoms with E-state index in [1.807, 2.05) is 0 Å². The number of thioether (sulfide) groups is 1. The van der Waals surface area contributed by atoms with E-state index in [1.54, 1.807) is 24.9 Å². The van der Waals surface area contributed by atoms with Crippen LogP contribution in [0.2, 0.25) is 0 Å². The number of hydrogen-bond acceptors (Lipinski definition) is 7. The van der Waals surface area contributed by atoms with E-state index in [9.17, 15) is 0 Å². The fourth-order valence-corrected chi connectivity index (χ4v) is 2.11. The molecule has 102 valence electrons. The number of aliphatic hydroxyl groups excluding tert-OH is 1. The molecular formula is C11H20N4O2S. The van der Waals surface area contributed by atoms with Crippen molar-refractivity contribution < 1.29 is 9.84 Å². The fraction of sp³-hybridized carbons (Fsp3) is 0.636. The number of aliphatic hydroxyl groups is 1. The predicted octanol–water partition coefficient (Wildman–Crippen LogP) is 0.733. The van der Waals surface area contributed by atoms with Gasteiger partial charge in [-0.15, -0.1) is 0 Å². The van der Waals surface area contributed by atoms with Gasteiger partial charge < -0.3 is 20.9 Å². The van der Waals surface area contributed by atoms with Crippen molar-refractivity contribution in [3.8, 4) is 0 Å². The number of nitrogens with one attached hydrogen (secondary N) is 1. The van der Waals surface area contributed by atoms with Crippen LogP contribution in [0.25, 0.3) is 0 Å². The molecule has 7 heteroatoms. The Morgan fingerprint density at radius 1 is 1.44 bits per heavy atom. The minimum absolute atomic E-state index is 0.253. The molecule has 18 heavy (non-hydrogen) atoms. The van der Waals surface area contributed by atoms with E-state index in [0.29, 0.717) is 18.2 Å². The average molecular weight is 272 g/mol. The normalized spacial score (nSPS) is 10.6. The highest BCUT2D eigenvalue weighted by Gasteiger charge is 2.01. The van der Waals surface area contributed by atoms with Gasteiger partial charge in [-0.2, -0.15) is 11.8 Å². The molecule has 0 fully saturated rings. The van der Waals surface area contributed by atoms with Crippen molar-refractivity contribution in [2.45, 2.75) is 13.0 Å². The topological polar surface area (TPSA) is 93.3 Å². The summed E-state index contributed by atoms with van der Waals surface area (Å²) in [6, 6.07) is 1.71. The minimum atomic E-state index is 0.253. The third kappa shape index (κ3) is 6.04. The number of hydrogen-bond donors (Lipinski definition) is 3. The first-order chi connectivity index (χ1) is 8.76. The summed E-state index contributed by atoms with van der Waals surface area (Å²) in [5.74, 6) is 3.67. The molecule has 1 aromatic heterocycles. The molecule has 0 aliphatic heterocycles. The monoisotopic (exact) mass is 272 g/mol. The van der Waals surface area contributed by atoms with E-state index >= 15 is 0 Å². The van der Waals surface area contributed by atoms with Crippen molar-refractivity contribution in [3.05, 3.63) is 11.9 Å². The Kier molecular flexibility index (Phi) is 7.47. The van der Waals surface area contributed by atoms with Crippen LogP contribution in [-0.4, -0.2) is 46.8 Å². The zero-order valence-corrected chi connectivity index (χ0v) is 11.4. The number of methoxy groups -OCH3 is 1. The first-order valence-electron chi connectivity index (χ1n) is 5.81. The fourth-order valence-electron chi connectivity index (χ4n) is 1.32. The van der Waals surface area contributed by atoms with Crippen molar-refractivity contribution in [1.29, 1.82) is 0 Å². The van der Waals surface area contributed by atoms with Crippen LogP contribution in [0.1, 0.15) is 12.2 Å². The maximum absolute atomic E-state index is 8.64. The van der Waals surface area contributed by atoms with Crippen molar-refractivity contribution in [2.24, 2.45) is 0 Å². The smallest absolute Gasteiger partial charge is 0.158 e. The van der Waals surface area contributed by atoms with Gasteiger partial charge in [0.1, 0.15) is 18.2 Å². The molecule has 0 aliphatic carbocycles. The lowest BCUT2D eigenvalue weighted by atomic mass is 10.5. The zero-order chi connectivity index (χ0) is 13.2. The van der Waals surface area contributed by atoms with Crippen LogP contribution >= 0.6 is 11.8 Å². The SMILES string of the molecule is COCc1nc(N)cc(NCCSCCCO)n1. The van der Waals surface area contributed by atoms with Gasteiger partial charge in [-0.3, -0.25) is 0 Å². The number of nitrogens with two attached hydrogens (primary N) is 1. The molecule has 0 saturated carbocycles. The second-order valence-electron chi connectivity index (χ2n) is 3.64. The molecule has 0 atom stereocenters. The van der Waals surface area contributed by atoms with Gasteiger partial charge in [-0.25, -0.2) is 9.97 Å². The highest BCUT2D eigenvalue weighted by atomic mass is 32.2. The van der Waals surface area contributed by atoms with E-state index < -0.39 is 0 Å². The molecule has 1 heterocycles. The quantitative estimate of drug-likeness (QED) is 0.571. The Morgan fingerprint density at radius 3 is 3.00 bits per heavy atom. The Bertz CT molecular complexity index is 352. The number of nitrogens with zero attached hydrogens (tertiary/aromatic N) is 2. The molecule has 0 unspecified atom stereocenters. The average Bonchev–Trinajstić information content (AvgIpc) is 2.33. The molecule has 1 aromatic rings. The van der Waals surface area contributed by atoms with E-state index in [1.165, 1.54) is 0 Å². The lowest BCUT2D eigenvalue weighted by Crippen LogP contribution is -2.09. The van der Waals surface area contributed by atoms with Crippen LogP contribution in [0.15, 0.2) is 6.07 Å². The van der Waals surface area contributed by atoms with Gasteiger partial charge in [0.15, 0.2) is 5.82 Å². The molecule has 0 amide bonds. The second-order valence-corrected chi connectivity index (χ2v) is 4.87. The summed E-state index contributed by atoms with van der Waals surface area (Å²) in [7, 11) is 1.59. The molecule has 1 rings (SSSR count). The van der Waals surface area contributed by atoms with Gasteiger partial charge in [0.25, 0.3) is 0 Å². The summed E-state index contributed by atoms with van der Waals surface area (Å²) in [5, 5.41) is 11.8. The van der Waals surface area contributed by atoms with Gasteiger partial charge in [0.05, 0.1) is 0 Å². The number of anilines is 2. The summed E-state index contributed by atoms with van der Waals surface area (Å²) in [5.41, 5.74) is 5.68. The summed E-state index contributed by atoms with van der Waals surface area (Å²) >= 11 is 1.79. The van der Waals surface area contributed by atoms with Crippen molar-refractivity contribution >= 4 is 23.4 Å². The van der Waals surface area contributed by atoms with Crippen LogP contribution in [0, 0.1) is 0 Å². The largest absolute Gasteiger partial charge is 0.396 e.